The quantitative estimate of drug-likeness (QED) is 0.669. The summed E-state index contributed by atoms with van der Waals surface area (Å²) < 4.78 is 26.3. The summed E-state index contributed by atoms with van der Waals surface area (Å²) >= 11 is 0. The lowest BCUT2D eigenvalue weighted by Gasteiger charge is -2.22. The topological polar surface area (TPSA) is 20.2 Å². The Kier molecular flexibility index (Phi) is 3.20. The molecular weight excluding hydrogens is 174 g/mol. The number of aliphatic hydroxyl groups is 1. The number of aliphatic hydroxyl groups excluding tert-OH is 1. The van der Waals surface area contributed by atoms with E-state index in [0.717, 1.165) is 0 Å². The third kappa shape index (κ3) is 2.37. The van der Waals surface area contributed by atoms with E-state index in [9.17, 15) is 13.9 Å². The van der Waals surface area contributed by atoms with Gasteiger partial charge in [-0.25, -0.2) is 8.78 Å². The third-order valence-electron chi connectivity index (χ3n) is 2.33. The molecule has 0 radical (unpaired) electrons. The van der Waals surface area contributed by atoms with Crippen LogP contribution in [0.15, 0.2) is 24.1 Å². The van der Waals surface area contributed by atoms with Crippen LogP contribution in [0.3, 0.4) is 0 Å². The minimum absolute atomic E-state index is 0.432. The van der Waals surface area contributed by atoms with Gasteiger partial charge in [0.1, 0.15) is 12.0 Å². The van der Waals surface area contributed by atoms with Crippen molar-refractivity contribution in [3.8, 4) is 0 Å². The molecular formula is C10H14F2O. The molecule has 0 aromatic rings. The van der Waals surface area contributed by atoms with E-state index in [1.54, 1.807) is 6.92 Å². The summed E-state index contributed by atoms with van der Waals surface area (Å²) in [6.45, 7) is 3.12. The maximum absolute atomic E-state index is 13.5. The highest BCUT2D eigenvalue weighted by atomic mass is 19.1. The molecule has 0 saturated carbocycles. The molecule has 0 bridgehead atoms. The first-order chi connectivity index (χ1) is 6.02. The fraction of sp³-hybridized carbons (Fsp3) is 0.600. The third-order valence-corrected chi connectivity index (χ3v) is 2.33. The van der Waals surface area contributed by atoms with E-state index in [1.807, 2.05) is 0 Å². The van der Waals surface area contributed by atoms with Crippen molar-refractivity contribution in [2.24, 2.45) is 11.8 Å². The van der Waals surface area contributed by atoms with Gasteiger partial charge in [0.2, 0.25) is 0 Å². The normalized spacial score (nSPS) is 36.7. The first-order valence-corrected chi connectivity index (χ1v) is 4.40. The molecule has 0 saturated heterocycles. The summed E-state index contributed by atoms with van der Waals surface area (Å²) in [5, 5.41) is 9.24. The number of halogens is 2. The first-order valence-electron chi connectivity index (χ1n) is 4.40. The molecule has 0 heterocycles. The van der Waals surface area contributed by atoms with Gasteiger partial charge in [-0.05, 0) is 19.1 Å². The van der Waals surface area contributed by atoms with Crippen molar-refractivity contribution in [2.75, 3.05) is 0 Å². The maximum Gasteiger partial charge on any atom is 0.119 e. The van der Waals surface area contributed by atoms with Crippen molar-refractivity contribution in [3.05, 3.63) is 24.1 Å². The predicted octanol–water partition coefficient (Wildman–Crippen LogP) is 2.38. The zero-order valence-electron chi connectivity index (χ0n) is 7.74. The molecule has 1 rings (SSSR count). The van der Waals surface area contributed by atoms with Crippen LogP contribution in [0, 0.1) is 11.8 Å². The lowest BCUT2D eigenvalue weighted by molar-refractivity contribution is 0.0806. The molecule has 0 fully saturated rings. The molecule has 4 unspecified atom stereocenters. The summed E-state index contributed by atoms with van der Waals surface area (Å²) in [7, 11) is 0. The zero-order chi connectivity index (χ0) is 10.0. The van der Waals surface area contributed by atoms with Crippen molar-refractivity contribution in [3.63, 3.8) is 0 Å². The molecule has 3 heteroatoms. The van der Waals surface area contributed by atoms with Crippen LogP contribution in [0.4, 0.5) is 8.78 Å². The van der Waals surface area contributed by atoms with Crippen molar-refractivity contribution in [2.45, 2.75) is 26.1 Å². The first kappa shape index (κ1) is 10.4. The summed E-state index contributed by atoms with van der Waals surface area (Å²) in [6.07, 6.45) is 1.85. The Labute approximate surface area is 76.8 Å². The number of hydrogen-bond acceptors (Lipinski definition) is 1. The summed E-state index contributed by atoms with van der Waals surface area (Å²) in [5.74, 6) is -1.53. The molecule has 0 spiro atoms. The number of rotatable bonds is 1. The average Bonchev–Trinajstić information content (AvgIpc) is 2.13. The number of allylic oxidation sites excluding steroid dienone is 3. The van der Waals surface area contributed by atoms with E-state index >= 15 is 0 Å². The Balaban J connectivity index is 2.85. The van der Waals surface area contributed by atoms with Crippen LogP contribution in [0.2, 0.25) is 0 Å². The van der Waals surface area contributed by atoms with Crippen molar-refractivity contribution < 1.29 is 13.9 Å². The predicted molar refractivity (Wildman–Crippen MR) is 47.6 cm³/mol. The highest BCUT2D eigenvalue weighted by Gasteiger charge is 2.29. The van der Waals surface area contributed by atoms with E-state index < -0.39 is 29.9 Å². The number of alkyl halides is 1. The van der Waals surface area contributed by atoms with Crippen LogP contribution in [0.5, 0.6) is 0 Å². The molecule has 1 N–H and O–H groups in total. The maximum atomic E-state index is 13.5. The SMILES string of the molecule is CC(O)C1C=CC(F)=CC(C)C1F. The Bertz CT molecular complexity index is 233. The lowest BCUT2D eigenvalue weighted by Crippen LogP contribution is -2.28. The van der Waals surface area contributed by atoms with E-state index in [2.05, 4.69) is 0 Å². The summed E-state index contributed by atoms with van der Waals surface area (Å²) in [6, 6.07) is 0. The fourth-order valence-corrected chi connectivity index (χ4v) is 1.49. The van der Waals surface area contributed by atoms with Gasteiger partial charge in [0.15, 0.2) is 0 Å². The van der Waals surface area contributed by atoms with E-state index in [0.29, 0.717) is 0 Å². The van der Waals surface area contributed by atoms with Crippen LogP contribution < -0.4 is 0 Å². The van der Waals surface area contributed by atoms with Gasteiger partial charge in [0, 0.05) is 11.8 Å². The van der Waals surface area contributed by atoms with E-state index in [1.165, 1.54) is 25.2 Å². The second kappa shape index (κ2) is 4.01. The smallest absolute Gasteiger partial charge is 0.119 e. The molecule has 13 heavy (non-hydrogen) atoms. The highest BCUT2D eigenvalue weighted by Crippen LogP contribution is 2.27. The largest absolute Gasteiger partial charge is 0.393 e. The second-order valence-corrected chi connectivity index (χ2v) is 3.53. The van der Waals surface area contributed by atoms with Gasteiger partial charge in [0.05, 0.1) is 6.10 Å². The van der Waals surface area contributed by atoms with Gasteiger partial charge in [-0.15, -0.1) is 0 Å². The second-order valence-electron chi connectivity index (χ2n) is 3.53. The summed E-state index contributed by atoms with van der Waals surface area (Å²) in [4.78, 5) is 0. The molecule has 1 aliphatic carbocycles. The van der Waals surface area contributed by atoms with Crippen LogP contribution in [0.1, 0.15) is 13.8 Å². The van der Waals surface area contributed by atoms with Crippen molar-refractivity contribution >= 4 is 0 Å². The molecule has 0 aromatic carbocycles. The molecule has 74 valence electrons. The van der Waals surface area contributed by atoms with Gasteiger partial charge in [-0.2, -0.15) is 0 Å². The van der Waals surface area contributed by atoms with Crippen molar-refractivity contribution in [1.29, 1.82) is 0 Å². The Morgan fingerprint density at radius 1 is 1.54 bits per heavy atom. The van der Waals surface area contributed by atoms with Crippen LogP contribution in [-0.2, 0) is 0 Å². The van der Waals surface area contributed by atoms with Gasteiger partial charge in [-0.1, -0.05) is 13.0 Å². The van der Waals surface area contributed by atoms with Crippen LogP contribution >= 0.6 is 0 Å². The van der Waals surface area contributed by atoms with Gasteiger partial charge in [0.25, 0.3) is 0 Å². The molecule has 0 amide bonds. The monoisotopic (exact) mass is 188 g/mol. The number of hydrogen-bond donors (Lipinski definition) is 1. The van der Waals surface area contributed by atoms with Gasteiger partial charge in [-0.3, -0.25) is 0 Å². The van der Waals surface area contributed by atoms with Gasteiger partial charge >= 0.3 is 0 Å². The summed E-state index contributed by atoms with van der Waals surface area (Å²) in [5.41, 5.74) is 0. The Hall–Kier alpha value is -0.700. The van der Waals surface area contributed by atoms with Gasteiger partial charge < -0.3 is 5.11 Å². The standard InChI is InChI=1S/C10H14F2O/c1-6-5-8(11)3-4-9(7(2)13)10(6)12/h3-7,9-10,13H,1-2H3. The average molecular weight is 188 g/mol. The minimum Gasteiger partial charge on any atom is -0.393 e. The van der Waals surface area contributed by atoms with Crippen molar-refractivity contribution in [1.82, 2.24) is 0 Å². The molecule has 1 aliphatic rings. The Morgan fingerprint density at radius 3 is 2.69 bits per heavy atom. The molecule has 4 atom stereocenters. The fourth-order valence-electron chi connectivity index (χ4n) is 1.49. The van der Waals surface area contributed by atoms with E-state index in [-0.39, 0.29) is 0 Å². The highest BCUT2D eigenvalue weighted by molar-refractivity contribution is 5.18. The Morgan fingerprint density at radius 2 is 2.15 bits per heavy atom. The molecule has 0 aliphatic heterocycles. The molecule has 0 aromatic heterocycles. The lowest BCUT2D eigenvalue weighted by atomic mass is 9.91. The molecule has 1 nitrogen and oxygen atoms in total. The van der Waals surface area contributed by atoms with Crippen LogP contribution in [0.25, 0.3) is 0 Å². The van der Waals surface area contributed by atoms with E-state index in [4.69, 9.17) is 0 Å². The zero-order valence-corrected chi connectivity index (χ0v) is 7.74. The van der Waals surface area contributed by atoms with Crippen LogP contribution in [-0.4, -0.2) is 17.4 Å². The minimum atomic E-state index is -1.22.